The van der Waals surface area contributed by atoms with Crippen molar-refractivity contribution < 1.29 is 9.90 Å². The van der Waals surface area contributed by atoms with Crippen LogP contribution < -0.4 is 0 Å². The SMILES string of the molecule is CC.Cc1ccc2c(c1)CCC2CC(=O)O. The Morgan fingerprint density at radius 2 is 2.12 bits per heavy atom. The number of aliphatic carboxylic acids is 1. The molecule has 1 unspecified atom stereocenters. The highest BCUT2D eigenvalue weighted by molar-refractivity contribution is 5.68. The monoisotopic (exact) mass is 220 g/mol. The number of carboxylic acids is 1. The quantitative estimate of drug-likeness (QED) is 0.828. The molecule has 0 fully saturated rings. The first-order chi connectivity index (χ1) is 7.66. The van der Waals surface area contributed by atoms with Gasteiger partial charge >= 0.3 is 5.97 Å². The van der Waals surface area contributed by atoms with E-state index in [-0.39, 0.29) is 12.3 Å². The summed E-state index contributed by atoms with van der Waals surface area (Å²) in [5, 5.41) is 8.75. The van der Waals surface area contributed by atoms with Crippen LogP contribution in [0, 0.1) is 6.92 Å². The number of carbonyl (C=O) groups is 1. The Labute approximate surface area is 97.3 Å². The van der Waals surface area contributed by atoms with Crippen molar-refractivity contribution in [3.05, 3.63) is 34.9 Å². The van der Waals surface area contributed by atoms with E-state index < -0.39 is 5.97 Å². The summed E-state index contributed by atoms with van der Waals surface area (Å²) in [6.45, 7) is 6.07. The van der Waals surface area contributed by atoms with E-state index in [0.29, 0.717) is 0 Å². The van der Waals surface area contributed by atoms with Gasteiger partial charge < -0.3 is 5.11 Å². The minimum absolute atomic E-state index is 0.239. The first-order valence-corrected chi connectivity index (χ1v) is 5.98. The van der Waals surface area contributed by atoms with Crippen molar-refractivity contribution in [2.24, 2.45) is 0 Å². The standard InChI is InChI=1S/C12H14O2.C2H6/c1-8-2-5-11-9(6-8)3-4-10(11)7-12(13)14;1-2/h2,5-6,10H,3-4,7H2,1H3,(H,13,14);1-2H3. The van der Waals surface area contributed by atoms with Crippen LogP contribution in [-0.4, -0.2) is 11.1 Å². The van der Waals surface area contributed by atoms with Crippen molar-refractivity contribution in [1.82, 2.24) is 0 Å². The number of carboxylic acid groups (broad SMARTS) is 1. The lowest BCUT2D eigenvalue weighted by Gasteiger charge is -2.08. The molecule has 0 aliphatic heterocycles. The lowest BCUT2D eigenvalue weighted by atomic mass is 9.97. The summed E-state index contributed by atoms with van der Waals surface area (Å²) in [5.41, 5.74) is 3.86. The van der Waals surface area contributed by atoms with Gasteiger partial charge in [0.1, 0.15) is 0 Å². The van der Waals surface area contributed by atoms with Crippen molar-refractivity contribution in [3.63, 3.8) is 0 Å². The second-order valence-corrected chi connectivity index (χ2v) is 4.04. The van der Waals surface area contributed by atoms with E-state index in [1.165, 1.54) is 16.7 Å². The minimum atomic E-state index is -0.691. The zero-order chi connectivity index (χ0) is 12.1. The van der Waals surface area contributed by atoms with Crippen LogP contribution >= 0.6 is 0 Å². The second-order valence-electron chi connectivity index (χ2n) is 4.04. The Morgan fingerprint density at radius 1 is 1.44 bits per heavy atom. The van der Waals surface area contributed by atoms with Gasteiger partial charge in [-0.3, -0.25) is 4.79 Å². The maximum atomic E-state index is 10.6. The van der Waals surface area contributed by atoms with Gasteiger partial charge in [-0.15, -0.1) is 0 Å². The Morgan fingerprint density at radius 3 is 2.75 bits per heavy atom. The van der Waals surface area contributed by atoms with Crippen LogP contribution in [0.25, 0.3) is 0 Å². The molecule has 0 saturated carbocycles. The van der Waals surface area contributed by atoms with Crippen molar-refractivity contribution in [1.29, 1.82) is 0 Å². The van der Waals surface area contributed by atoms with Gasteiger partial charge in [0.2, 0.25) is 0 Å². The molecule has 0 radical (unpaired) electrons. The molecule has 1 aliphatic carbocycles. The Bertz CT molecular complexity index is 369. The third-order valence-electron chi connectivity index (χ3n) is 2.92. The van der Waals surface area contributed by atoms with Crippen molar-refractivity contribution >= 4 is 5.97 Å². The van der Waals surface area contributed by atoms with Gasteiger partial charge in [0, 0.05) is 0 Å². The highest BCUT2D eigenvalue weighted by atomic mass is 16.4. The van der Waals surface area contributed by atoms with Crippen LogP contribution in [-0.2, 0) is 11.2 Å². The fraction of sp³-hybridized carbons (Fsp3) is 0.500. The van der Waals surface area contributed by atoms with Crippen LogP contribution in [0.5, 0.6) is 0 Å². The van der Waals surface area contributed by atoms with Crippen molar-refractivity contribution in [2.45, 2.75) is 46.0 Å². The topological polar surface area (TPSA) is 37.3 Å². The van der Waals surface area contributed by atoms with Gasteiger partial charge in [0.25, 0.3) is 0 Å². The fourth-order valence-corrected chi connectivity index (χ4v) is 2.26. The maximum Gasteiger partial charge on any atom is 0.303 e. The van der Waals surface area contributed by atoms with Crippen LogP contribution in [0.4, 0.5) is 0 Å². The molecule has 0 saturated heterocycles. The lowest BCUT2D eigenvalue weighted by molar-refractivity contribution is -0.137. The van der Waals surface area contributed by atoms with Gasteiger partial charge in [-0.2, -0.15) is 0 Å². The summed E-state index contributed by atoms with van der Waals surface area (Å²) in [4.78, 5) is 10.6. The molecule has 0 bridgehead atoms. The van der Waals surface area contributed by atoms with E-state index in [1.807, 2.05) is 13.8 Å². The minimum Gasteiger partial charge on any atom is -0.481 e. The molecular formula is C14H20O2. The number of benzene rings is 1. The van der Waals surface area contributed by atoms with E-state index >= 15 is 0 Å². The average Bonchev–Trinajstić information content (AvgIpc) is 2.63. The number of fused-ring (bicyclic) bond motifs is 1. The van der Waals surface area contributed by atoms with E-state index in [1.54, 1.807) is 0 Å². The fourth-order valence-electron chi connectivity index (χ4n) is 2.26. The summed E-state index contributed by atoms with van der Waals surface area (Å²) < 4.78 is 0. The lowest BCUT2D eigenvalue weighted by Crippen LogP contribution is -2.02. The molecule has 2 heteroatoms. The zero-order valence-electron chi connectivity index (χ0n) is 10.3. The molecule has 1 aromatic rings. The van der Waals surface area contributed by atoms with E-state index in [0.717, 1.165) is 12.8 Å². The van der Waals surface area contributed by atoms with Crippen LogP contribution in [0.3, 0.4) is 0 Å². The summed E-state index contributed by atoms with van der Waals surface area (Å²) in [6.07, 6.45) is 2.30. The second kappa shape index (κ2) is 5.69. The first kappa shape index (κ1) is 12.8. The normalized spacial score (nSPS) is 17.3. The van der Waals surface area contributed by atoms with E-state index in [4.69, 9.17) is 5.11 Å². The smallest absolute Gasteiger partial charge is 0.303 e. The molecule has 1 aromatic carbocycles. The Balaban J connectivity index is 0.000000606. The van der Waals surface area contributed by atoms with E-state index in [2.05, 4.69) is 25.1 Å². The van der Waals surface area contributed by atoms with Crippen molar-refractivity contribution in [3.8, 4) is 0 Å². The summed E-state index contributed by atoms with van der Waals surface area (Å²) in [6, 6.07) is 6.33. The molecule has 1 atom stereocenters. The summed E-state index contributed by atoms with van der Waals surface area (Å²) in [7, 11) is 0. The molecule has 0 amide bonds. The Hall–Kier alpha value is -1.31. The zero-order valence-corrected chi connectivity index (χ0v) is 10.3. The molecule has 88 valence electrons. The van der Waals surface area contributed by atoms with Crippen LogP contribution in [0.1, 0.15) is 49.3 Å². The summed E-state index contributed by atoms with van der Waals surface area (Å²) >= 11 is 0. The number of aryl methyl sites for hydroxylation is 2. The average molecular weight is 220 g/mol. The number of rotatable bonds is 2. The molecule has 2 rings (SSSR count). The predicted octanol–water partition coefficient (Wildman–Crippen LogP) is 3.53. The Kier molecular flexibility index (Phi) is 4.53. The molecule has 0 spiro atoms. The highest BCUT2D eigenvalue weighted by Crippen LogP contribution is 2.35. The first-order valence-electron chi connectivity index (χ1n) is 5.98. The number of hydrogen-bond acceptors (Lipinski definition) is 1. The third kappa shape index (κ3) is 2.84. The van der Waals surface area contributed by atoms with Crippen molar-refractivity contribution in [2.75, 3.05) is 0 Å². The molecule has 1 aliphatic rings. The van der Waals surface area contributed by atoms with Crippen LogP contribution in [0.15, 0.2) is 18.2 Å². The molecule has 1 N–H and O–H groups in total. The van der Waals surface area contributed by atoms with Crippen LogP contribution in [0.2, 0.25) is 0 Å². The number of hydrogen-bond donors (Lipinski definition) is 1. The molecule has 0 heterocycles. The van der Waals surface area contributed by atoms with Gasteiger partial charge in [-0.05, 0) is 36.8 Å². The van der Waals surface area contributed by atoms with E-state index in [9.17, 15) is 4.79 Å². The van der Waals surface area contributed by atoms with Gasteiger partial charge in [-0.25, -0.2) is 0 Å². The highest BCUT2D eigenvalue weighted by Gasteiger charge is 2.24. The largest absolute Gasteiger partial charge is 0.481 e. The molecule has 16 heavy (non-hydrogen) atoms. The van der Waals surface area contributed by atoms with Gasteiger partial charge in [-0.1, -0.05) is 37.6 Å². The van der Waals surface area contributed by atoms with Gasteiger partial charge in [0.15, 0.2) is 0 Å². The molecular weight excluding hydrogens is 200 g/mol. The van der Waals surface area contributed by atoms with Gasteiger partial charge in [0.05, 0.1) is 6.42 Å². The maximum absolute atomic E-state index is 10.6. The molecule has 2 nitrogen and oxygen atoms in total. The molecule has 0 aromatic heterocycles. The third-order valence-corrected chi connectivity index (χ3v) is 2.92. The summed E-state index contributed by atoms with van der Waals surface area (Å²) in [5.74, 6) is -0.452. The predicted molar refractivity (Wildman–Crippen MR) is 65.8 cm³/mol.